The van der Waals surface area contributed by atoms with E-state index in [1.807, 2.05) is 0 Å². The summed E-state index contributed by atoms with van der Waals surface area (Å²) in [5.41, 5.74) is -0.669. The van der Waals surface area contributed by atoms with Crippen LogP contribution >= 0.6 is 0 Å². The second-order valence-electron chi connectivity index (χ2n) is 6.49. The topological polar surface area (TPSA) is 79.8 Å². The van der Waals surface area contributed by atoms with Gasteiger partial charge in [0.1, 0.15) is 22.3 Å². The maximum Gasteiger partial charge on any atom is 0.344 e. The Morgan fingerprint density at radius 2 is 1.68 bits per heavy atom. The third-order valence-electron chi connectivity index (χ3n) is 4.63. The third kappa shape index (κ3) is 3.46. The maximum absolute atomic E-state index is 14.3. The SMILES string of the molecule is COc1cccc(N2C(=O)N(Cc3c(F)cc(F)cc3F)c3ccccc3S2(=O)=O)n1. The molecule has 0 N–H and O–H groups in total. The van der Waals surface area contributed by atoms with Crippen LogP contribution in [0.3, 0.4) is 0 Å². The second-order valence-corrected chi connectivity index (χ2v) is 8.25. The van der Waals surface area contributed by atoms with Gasteiger partial charge < -0.3 is 4.74 Å². The van der Waals surface area contributed by atoms with Crippen molar-refractivity contribution in [2.45, 2.75) is 11.4 Å². The van der Waals surface area contributed by atoms with Crippen LogP contribution in [0.2, 0.25) is 0 Å². The minimum Gasteiger partial charge on any atom is -0.481 e. The van der Waals surface area contributed by atoms with Crippen LogP contribution in [0, 0.1) is 17.5 Å². The lowest BCUT2D eigenvalue weighted by atomic mass is 10.1. The molecule has 4 rings (SSSR count). The van der Waals surface area contributed by atoms with Crippen LogP contribution < -0.4 is 13.9 Å². The highest BCUT2D eigenvalue weighted by Crippen LogP contribution is 2.38. The van der Waals surface area contributed by atoms with Crippen molar-refractivity contribution in [1.29, 1.82) is 0 Å². The highest BCUT2D eigenvalue weighted by atomic mass is 32.2. The molecule has 0 bridgehead atoms. The van der Waals surface area contributed by atoms with Crippen LogP contribution in [0.25, 0.3) is 0 Å². The number of nitrogens with zero attached hydrogens (tertiary/aromatic N) is 3. The molecule has 0 atom stereocenters. The molecule has 31 heavy (non-hydrogen) atoms. The number of fused-ring (bicyclic) bond motifs is 1. The summed E-state index contributed by atoms with van der Waals surface area (Å²) >= 11 is 0. The molecule has 11 heteroatoms. The zero-order chi connectivity index (χ0) is 22.3. The van der Waals surface area contributed by atoms with Crippen LogP contribution in [0.4, 0.5) is 29.5 Å². The monoisotopic (exact) mass is 449 g/mol. The van der Waals surface area contributed by atoms with Gasteiger partial charge in [0.05, 0.1) is 19.3 Å². The first-order valence-electron chi connectivity index (χ1n) is 8.84. The number of anilines is 2. The summed E-state index contributed by atoms with van der Waals surface area (Å²) < 4.78 is 73.6. The first-order valence-corrected chi connectivity index (χ1v) is 10.3. The number of sulfonamides is 1. The molecule has 0 saturated carbocycles. The van der Waals surface area contributed by atoms with Crippen LogP contribution in [-0.4, -0.2) is 26.5 Å². The average Bonchev–Trinajstić information content (AvgIpc) is 2.72. The standard InChI is InChI=1S/C20H14F3N3O4S/c1-30-19-8-4-7-18(24-19)26-20(27)25(11-13-14(22)9-12(21)10-15(13)23)16-5-2-3-6-17(16)31(26,28)29/h2-10H,11H2,1H3. The lowest BCUT2D eigenvalue weighted by molar-refractivity contribution is 0.253. The first-order chi connectivity index (χ1) is 14.7. The highest BCUT2D eigenvalue weighted by Gasteiger charge is 2.43. The lowest BCUT2D eigenvalue weighted by Crippen LogP contribution is -2.51. The number of hydrogen-bond donors (Lipinski definition) is 0. The number of benzene rings is 2. The van der Waals surface area contributed by atoms with Crippen LogP contribution in [-0.2, 0) is 16.6 Å². The highest BCUT2D eigenvalue weighted by molar-refractivity contribution is 7.94. The summed E-state index contributed by atoms with van der Waals surface area (Å²) in [4.78, 5) is 17.9. The zero-order valence-corrected chi connectivity index (χ0v) is 16.7. The number of hydrogen-bond acceptors (Lipinski definition) is 5. The van der Waals surface area contributed by atoms with E-state index in [2.05, 4.69) is 4.98 Å². The van der Waals surface area contributed by atoms with Gasteiger partial charge in [-0.05, 0) is 18.2 Å². The van der Waals surface area contributed by atoms with Crippen LogP contribution in [0.1, 0.15) is 5.56 Å². The molecule has 1 aliphatic heterocycles. The molecule has 0 fully saturated rings. The molecule has 0 unspecified atom stereocenters. The molecule has 0 radical (unpaired) electrons. The van der Waals surface area contributed by atoms with Crippen molar-refractivity contribution in [1.82, 2.24) is 4.98 Å². The van der Waals surface area contributed by atoms with E-state index in [0.29, 0.717) is 16.4 Å². The molecule has 0 aliphatic carbocycles. The van der Waals surface area contributed by atoms with E-state index in [-0.39, 0.29) is 22.3 Å². The van der Waals surface area contributed by atoms with E-state index in [1.165, 1.54) is 49.6 Å². The molecule has 2 heterocycles. The fraction of sp³-hybridized carbons (Fsp3) is 0.100. The molecule has 2 amide bonds. The van der Waals surface area contributed by atoms with Gasteiger partial charge >= 0.3 is 6.03 Å². The zero-order valence-electron chi connectivity index (χ0n) is 15.9. The number of aromatic nitrogens is 1. The Bertz CT molecular complexity index is 1280. The molecule has 0 spiro atoms. The average molecular weight is 449 g/mol. The van der Waals surface area contributed by atoms with Crippen molar-refractivity contribution in [2.24, 2.45) is 0 Å². The Balaban J connectivity index is 1.89. The van der Waals surface area contributed by atoms with Gasteiger partial charge in [0.25, 0.3) is 10.0 Å². The molecular weight excluding hydrogens is 435 g/mol. The Kier molecular flexibility index (Phi) is 5.05. The third-order valence-corrected chi connectivity index (χ3v) is 6.35. The molecule has 160 valence electrons. The van der Waals surface area contributed by atoms with Crippen LogP contribution in [0.15, 0.2) is 59.5 Å². The number of carbonyl (C=O) groups excluding carboxylic acids is 1. The first kappa shape index (κ1) is 20.7. The van der Waals surface area contributed by atoms with Gasteiger partial charge in [0.15, 0.2) is 5.82 Å². The summed E-state index contributed by atoms with van der Waals surface area (Å²) in [5.74, 6) is -3.73. The minimum atomic E-state index is -4.39. The van der Waals surface area contributed by atoms with Gasteiger partial charge in [-0.1, -0.05) is 18.2 Å². The number of urea groups is 1. The number of amides is 2. The van der Waals surface area contributed by atoms with Crippen molar-refractivity contribution < 1.29 is 31.1 Å². The van der Waals surface area contributed by atoms with E-state index in [1.54, 1.807) is 0 Å². The molecule has 0 saturated heterocycles. The van der Waals surface area contributed by atoms with Gasteiger partial charge in [-0.25, -0.2) is 26.4 Å². The van der Waals surface area contributed by atoms with Gasteiger partial charge in [0.2, 0.25) is 5.88 Å². The minimum absolute atomic E-state index is 0.0570. The van der Waals surface area contributed by atoms with Crippen molar-refractivity contribution in [3.8, 4) is 5.88 Å². The smallest absolute Gasteiger partial charge is 0.344 e. The van der Waals surface area contributed by atoms with Crippen molar-refractivity contribution in [2.75, 3.05) is 16.3 Å². The van der Waals surface area contributed by atoms with Gasteiger partial charge in [-0.15, -0.1) is 0 Å². The van der Waals surface area contributed by atoms with Crippen molar-refractivity contribution >= 4 is 27.6 Å². The summed E-state index contributed by atoms with van der Waals surface area (Å²) in [5, 5.41) is 0. The molecule has 2 aromatic carbocycles. The van der Waals surface area contributed by atoms with E-state index in [4.69, 9.17) is 4.74 Å². The van der Waals surface area contributed by atoms with Gasteiger partial charge in [-0.3, -0.25) is 4.90 Å². The van der Waals surface area contributed by atoms with E-state index in [0.717, 1.165) is 4.90 Å². The number of pyridine rings is 1. The van der Waals surface area contributed by atoms with Gasteiger partial charge in [0, 0.05) is 23.8 Å². The fourth-order valence-corrected chi connectivity index (χ4v) is 4.74. The number of ether oxygens (including phenoxy) is 1. The summed E-state index contributed by atoms with van der Waals surface area (Å²) in [6.45, 7) is -0.677. The number of rotatable bonds is 4. The Morgan fingerprint density at radius 1 is 1.00 bits per heavy atom. The van der Waals surface area contributed by atoms with Crippen molar-refractivity contribution in [3.05, 3.63) is 77.6 Å². The predicted molar refractivity (Wildman–Crippen MR) is 105 cm³/mol. The van der Waals surface area contributed by atoms with Gasteiger partial charge in [-0.2, -0.15) is 9.29 Å². The predicted octanol–water partition coefficient (Wildman–Crippen LogP) is 3.84. The van der Waals surface area contributed by atoms with E-state index < -0.39 is 45.6 Å². The largest absolute Gasteiger partial charge is 0.481 e. The summed E-state index contributed by atoms with van der Waals surface area (Å²) in [6.07, 6.45) is 0. The van der Waals surface area contributed by atoms with Crippen molar-refractivity contribution in [3.63, 3.8) is 0 Å². The summed E-state index contributed by atoms with van der Waals surface area (Å²) in [6, 6.07) is 9.55. The quantitative estimate of drug-likeness (QED) is 0.605. The lowest BCUT2D eigenvalue weighted by Gasteiger charge is -2.35. The summed E-state index contributed by atoms with van der Waals surface area (Å²) in [7, 11) is -3.07. The Labute approximate surface area is 175 Å². The molecule has 7 nitrogen and oxygen atoms in total. The Morgan fingerprint density at radius 3 is 2.35 bits per heavy atom. The van der Waals surface area contributed by atoms with E-state index in [9.17, 15) is 26.4 Å². The van der Waals surface area contributed by atoms with Crippen LogP contribution in [0.5, 0.6) is 5.88 Å². The van der Waals surface area contributed by atoms with E-state index >= 15 is 0 Å². The normalized spacial score (nSPS) is 15.0. The number of para-hydroxylation sites is 1. The number of carbonyl (C=O) groups is 1. The molecular formula is C20H14F3N3O4S. The second kappa shape index (κ2) is 7.58. The maximum atomic E-state index is 14.3. The fourth-order valence-electron chi connectivity index (χ4n) is 3.20. The molecule has 1 aliphatic rings. The number of methoxy groups -OCH3 is 1. The molecule has 3 aromatic rings. The molecule has 1 aromatic heterocycles. The number of halogens is 3. The Hall–Kier alpha value is -3.60.